The van der Waals surface area contributed by atoms with E-state index >= 15 is 0 Å². The first-order chi connectivity index (χ1) is 5.25. The van der Waals surface area contributed by atoms with Crippen molar-refractivity contribution in [3.8, 4) is 0 Å². The van der Waals surface area contributed by atoms with Crippen molar-refractivity contribution in [2.24, 2.45) is 5.16 Å². The number of nitrogens with zero attached hydrogens (tertiary/aromatic N) is 2. The zero-order chi connectivity index (χ0) is 8.27. The molecule has 0 aliphatic carbocycles. The second kappa shape index (κ2) is 3.37. The highest BCUT2D eigenvalue weighted by Gasteiger charge is 2.19. The Labute approximate surface area is 65.5 Å². The van der Waals surface area contributed by atoms with E-state index in [1.54, 1.807) is 4.90 Å². The molecule has 0 unspecified atom stereocenters. The van der Waals surface area contributed by atoms with Crippen molar-refractivity contribution in [2.45, 2.75) is 19.8 Å². The summed E-state index contributed by atoms with van der Waals surface area (Å²) in [5, 5.41) is 11.2. The molecular weight excluding hydrogens is 144 g/mol. The van der Waals surface area contributed by atoms with Gasteiger partial charge in [-0.15, -0.1) is 0 Å². The summed E-state index contributed by atoms with van der Waals surface area (Å²) in [6, 6.07) is 0. The molecule has 1 saturated heterocycles. The molecule has 1 fully saturated rings. The second-order valence-electron chi connectivity index (χ2n) is 2.68. The Bertz CT molecular complexity index is 183. The van der Waals surface area contributed by atoms with Crippen molar-refractivity contribution >= 4 is 11.6 Å². The van der Waals surface area contributed by atoms with Crippen molar-refractivity contribution < 1.29 is 10.0 Å². The number of carbonyl (C=O) groups is 1. The third-order valence-corrected chi connectivity index (χ3v) is 1.85. The van der Waals surface area contributed by atoms with Crippen molar-refractivity contribution in [3.63, 3.8) is 0 Å². The zero-order valence-corrected chi connectivity index (χ0v) is 6.58. The van der Waals surface area contributed by atoms with Gasteiger partial charge >= 0.3 is 0 Å². The molecule has 0 atom stereocenters. The Kier molecular flexibility index (Phi) is 2.46. The summed E-state index contributed by atoms with van der Waals surface area (Å²) in [4.78, 5) is 12.9. The van der Waals surface area contributed by atoms with E-state index in [0.717, 1.165) is 25.9 Å². The minimum absolute atomic E-state index is 0.148. The van der Waals surface area contributed by atoms with Crippen molar-refractivity contribution in [2.75, 3.05) is 13.1 Å². The van der Waals surface area contributed by atoms with Crippen LogP contribution in [-0.4, -0.2) is 34.8 Å². The fourth-order valence-corrected chi connectivity index (χ4v) is 1.19. The Morgan fingerprint density at radius 1 is 1.45 bits per heavy atom. The van der Waals surface area contributed by atoms with Crippen LogP contribution in [0.2, 0.25) is 0 Å². The van der Waals surface area contributed by atoms with Gasteiger partial charge in [-0.1, -0.05) is 5.16 Å². The molecule has 1 amide bonds. The van der Waals surface area contributed by atoms with Crippen LogP contribution in [0.15, 0.2) is 5.16 Å². The lowest BCUT2D eigenvalue weighted by atomic mass is 10.4. The number of hydrogen-bond donors (Lipinski definition) is 1. The van der Waals surface area contributed by atoms with Gasteiger partial charge in [0.2, 0.25) is 0 Å². The number of oxime groups is 1. The fourth-order valence-electron chi connectivity index (χ4n) is 1.19. The molecule has 0 aromatic carbocycles. The van der Waals surface area contributed by atoms with Crippen LogP contribution in [0, 0.1) is 0 Å². The summed E-state index contributed by atoms with van der Waals surface area (Å²) in [5.41, 5.74) is 0.173. The van der Waals surface area contributed by atoms with Gasteiger partial charge in [-0.2, -0.15) is 0 Å². The van der Waals surface area contributed by atoms with Crippen LogP contribution in [0.1, 0.15) is 19.8 Å². The minimum Gasteiger partial charge on any atom is -0.410 e. The lowest BCUT2D eigenvalue weighted by Crippen LogP contribution is -2.32. The molecule has 1 heterocycles. The fraction of sp³-hybridized carbons (Fsp3) is 0.714. The van der Waals surface area contributed by atoms with Crippen molar-refractivity contribution in [1.29, 1.82) is 0 Å². The minimum atomic E-state index is -0.148. The van der Waals surface area contributed by atoms with Crippen LogP contribution in [0.3, 0.4) is 0 Å². The molecular formula is C7H12N2O2. The number of rotatable bonds is 1. The predicted octanol–water partition coefficient (Wildman–Crippen LogP) is 0.459. The first-order valence-corrected chi connectivity index (χ1v) is 3.73. The van der Waals surface area contributed by atoms with Gasteiger partial charge < -0.3 is 10.1 Å². The Morgan fingerprint density at radius 3 is 2.45 bits per heavy atom. The monoisotopic (exact) mass is 156 g/mol. The van der Waals surface area contributed by atoms with Gasteiger partial charge in [0.05, 0.1) is 0 Å². The highest BCUT2D eigenvalue weighted by Crippen LogP contribution is 2.07. The van der Waals surface area contributed by atoms with Crippen LogP contribution in [-0.2, 0) is 4.79 Å². The molecule has 0 bridgehead atoms. The van der Waals surface area contributed by atoms with Crippen LogP contribution < -0.4 is 0 Å². The first-order valence-electron chi connectivity index (χ1n) is 3.73. The molecule has 11 heavy (non-hydrogen) atoms. The zero-order valence-electron chi connectivity index (χ0n) is 6.58. The summed E-state index contributed by atoms with van der Waals surface area (Å²) in [7, 11) is 0. The topological polar surface area (TPSA) is 52.9 Å². The van der Waals surface area contributed by atoms with E-state index in [4.69, 9.17) is 5.21 Å². The lowest BCUT2D eigenvalue weighted by molar-refractivity contribution is -0.123. The quantitative estimate of drug-likeness (QED) is 0.340. The summed E-state index contributed by atoms with van der Waals surface area (Å²) < 4.78 is 0. The van der Waals surface area contributed by atoms with Gasteiger partial charge in [-0.25, -0.2) is 0 Å². The van der Waals surface area contributed by atoms with E-state index in [-0.39, 0.29) is 11.6 Å². The summed E-state index contributed by atoms with van der Waals surface area (Å²) >= 11 is 0. The van der Waals surface area contributed by atoms with Crippen LogP contribution in [0.5, 0.6) is 0 Å². The molecule has 4 nitrogen and oxygen atoms in total. The second-order valence-corrected chi connectivity index (χ2v) is 2.68. The van der Waals surface area contributed by atoms with Crippen LogP contribution >= 0.6 is 0 Å². The molecule has 62 valence electrons. The highest BCUT2D eigenvalue weighted by atomic mass is 16.4. The smallest absolute Gasteiger partial charge is 0.271 e. The number of hydrogen-bond acceptors (Lipinski definition) is 3. The van der Waals surface area contributed by atoms with E-state index in [9.17, 15) is 4.79 Å². The van der Waals surface area contributed by atoms with E-state index < -0.39 is 0 Å². The highest BCUT2D eigenvalue weighted by molar-refractivity contribution is 6.37. The third kappa shape index (κ3) is 1.69. The molecule has 1 rings (SSSR count). The van der Waals surface area contributed by atoms with Gasteiger partial charge in [0.15, 0.2) is 0 Å². The third-order valence-electron chi connectivity index (χ3n) is 1.85. The van der Waals surface area contributed by atoms with Crippen LogP contribution in [0.25, 0.3) is 0 Å². The van der Waals surface area contributed by atoms with Crippen LogP contribution in [0.4, 0.5) is 0 Å². The normalized spacial score (nSPS) is 19.0. The number of amides is 1. The lowest BCUT2D eigenvalue weighted by Gasteiger charge is -2.13. The van der Waals surface area contributed by atoms with Gasteiger partial charge in [0, 0.05) is 13.1 Å². The molecule has 0 spiro atoms. The molecule has 4 heteroatoms. The van der Waals surface area contributed by atoms with Crippen molar-refractivity contribution in [1.82, 2.24) is 4.90 Å². The molecule has 0 radical (unpaired) electrons. The largest absolute Gasteiger partial charge is 0.410 e. The van der Waals surface area contributed by atoms with E-state index in [1.807, 2.05) is 0 Å². The van der Waals surface area contributed by atoms with E-state index in [0.29, 0.717) is 0 Å². The molecule has 0 aromatic rings. The molecule has 0 saturated carbocycles. The maximum Gasteiger partial charge on any atom is 0.271 e. The average Bonchev–Trinajstić information content (AvgIpc) is 2.53. The predicted molar refractivity (Wildman–Crippen MR) is 40.7 cm³/mol. The molecule has 1 aliphatic rings. The Morgan fingerprint density at radius 2 is 2.00 bits per heavy atom. The summed E-state index contributed by atoms with van der Waals surface area (Å²) in [5.74, 6) is -0.148. The molecule has 0 aromatic heterocycles. The van der Waals surface area contributed by atoms with E-state index in [2.05, 4.69) is 5.16 Å². The standard InChI is InChI=1S/C7H12N2O2/c1-6(8-11)7(10)9-4-2-3-5-9/h11H,2-5H2,1H3/b8-6-. The van der Waals surface area contributed by atoms with Crippen molar-refractivity contribution in [3.05, 3.63) is 0 Å². The van der Waals surface area contributed by atoms with Gasteiger partial charge in [0.25, 0.3) is 5.91 Å². The summed E-state index contributed by atoms with van der Waals surface area (Å²) in [6.45, 7) is 3.11. The first kappa shape index (κ1) is 8.04. The number of likely N-dealkylation sites (tertiary alicyclic amines) is 1. The average molecular weight is 156 g/mol. The Hall–Kier alpha value is -1.06. The van der Waals surface area contributed by atoms with Gasteiger partial charge in [-0.05, 0) is 19.8 Å². The maximum absolute atomic E-state index is 11.2. The molecule has 1 N–H and O–H groups in total. The summed E-state index contributed by atoms with van der Waals surface area (Å²) in [6.07, 6.45) is 2.12. The van der Waals surface area contributed by atoms with Gasteiger partial charge in [0.1, 0.15) is 5.71 Å². The maximum atomic E-state index is 11.2. The Balaban J connectivity index is 2.53. The van der Waals surface area contributed by atoms with Gasteiger partial charge in [-0.3, -0.25) is 4.79 Å². The van der Waals surface area contributed by atoms with E-state index in [1.165, 1.54) is 6.92 Å². The SMILES string of the molecule is C/C(=N/O)C(=O)N1CCCC1. The molecule has 1 aliphatic heterocycles. The number of carbonyl (C=O) groups excluding carboxylic acids is 1.